The normalized spacial score (nSPS) is 32.4. The van der Waals surface area contributed by atoms with E-state index in [9.17, 15) is 0 Å². The Morgan fingerprint density at radius 1 is 1.03 bits per heavy atom. The Bertz CT molecular complexity index is 1540. The zero-order valence-corrected chi connectivity index (χ0v) is 21.6. The van der Waals surface area contributed by atoms with Crippen LogP contribution in [-0.2, 0) is 9.31 Å². The van der Waals surface area contributed by atoms with Crippen LogP contribution in [0.25, 0.3) is 23.1 Å². The van der Waals surface area contributed by atoms with E-state index in [1.54, 1.807) is 0 Å². The average molecular weight is 474 g/mol. The quantitative estimate of drug-likeness (QED) is 0.379. The van der Waals surface area contributed by atoms with Crippen molar-refractivity contribution < 1.29 is 13.7 Å². The average Bonchev–Trinajstić information content (AvgIpc) is 3.09. The first-order chi connectivity index (χ1) is 17.2. The van der Waals surface area contributed by atoms with Gasteiger partial charge in [-0.25, -0.2) is 0 Å². The summed E-state index contributed by atoms with van der Waals surface area (Å²) in [6, 6.07) is 15.0. The highest BCUT2D eigenvalue weighted by Crippen LogP contribution is 2.58. The molecule has 7 rings (SSSR count). The highest BCUT2D eigenvalue weighted by atomic mass is 16.7. The van der Waals surface area contributed by atoms with Crippen molar-refractivity contribution in [3.8, 4) is 0 Å². The Kier molecular flexibility index (Phi) is 4.46. The van der Waals surface area contributed by atoms with E-state index in [-0.39, 0.29) is 29.7 Å². The Balaban J connectivity index is 1.34. The van der Waals surface area contributed by atoms with E-state index in [1.807, 2.05) is 12.1 Å². The molecule has 2 heterocycles. The van der Waals surface area contributed by atoms with Crippen LogP contribution in [0, 0.1) is 12.3 Å². The largest absolute Gasteiger partial charge is 0.494 e. The lowest BCUT2D eigenvalue weighted by atomic mass is 9.60. The summed E-state index contributed by atoms with van der Waals surface area (Å²) in [6.45, 7) is 11.0. The number of rotatable bonds is 3. The van der Waals surface area contributed by atoms with Gasteiger partial charge in [-0.2, -0.15) is 0 Å². The molecule has 3 nitrogen and oxygen atoms in total. The molecule has 0 bridgehead atoms. The molecule has 1 aromatic heterocycles. The summed E-state index contributed by atoms with van der Waals surface area (Å²) >= 11 is 0. The van der Waals surface area contributed by atoms with Crippen LogP contribution >= 0.6 is 0 Å². The van der Waals surface area contributed by atoms with Gasteiger partial charge >= 0.3 is 7.12 Å². The van der Waals surface area contributed by atoms with Gasteiger partial charge in [-0.05, 0) is 67.6 Å². The molecule has 4 unspecified atom stereocenters. The van der Waals surface area contributed by atoms with Crippen LogP contribution in [0.3, 0.4) is 0 Å². The van der Waals surface area contributed by atoms with Gasteiger partial charge in [0.2, 0.25) is 0 Å². The third kappa shape index (κ3) is 3.01. The molecular formula is C32H31BO3. The van der Waals surface area contributed by atoms with Gasteiger partial charge in [0.1, 0.15) is 11.3 Å². The lowest BCUT2D eigenvalue weighted by Crippen LogP contribution is -2.37. The fourth-order valence-corrected chi connectivity index (χ4v) is 6.64. The van der Waals surface area contributed by atoms with Crippen LogP contribution < -0.4 is 5.46 Å². The number of aryl methyl sites for hydroxylation is 1. The Morgan fingerprint density at radius 3 is 2.61 bits per heavy atom. The zero-order chi connectivity index (χ0) is 24.9. The Morgan fingerprint density at radius 2 is 1.81 bits per heavy atom. The maximum absolute atomic E-state index is 6.34. The molecular weight excluding hydrogens is 443 g/mol. The van der Waals surface area contributed by atoms with Crippen LogP contribution in [0.4, 0.5) is 0 Å². The van der Waals surface area contributed by atoms with Crippen LogP contribution in [0.1, 0.15) is 62.5 Å². The monoisotopic (exact) mass is 474 g/mol. The summed E-state index contributed by atoms with van der Waals surface area (Å²) in [4.78, 5) is 0. The zero-order valence-electron chi connectivity index (χ0n) is 21.6. The molecule has 3 aromatic rings. The second kappa shape index (κ2) is 7.24. The fourth-order valence-electron chi connectivity index (χ4n) is 6.64. The van der Waals surface area contributed by atoms with E-state index >= 15 is 0 Å². The van der Waals surface area contributed by atoms with Gasteiger partial charge in [-0.15, -0.1) is 0 Å². The number of allylic oxidation sites excluding steroid dienone is 6. The van der Waals surface area contributed by atoms with Gasteiger partial charge in [-0.3, -0.25) is 0 Å². The minimum absolute atomic E-state index is 0.125. The van der Waals surface area contributed by atoms with E-state index in [4.69, 9.17) is 13.7 Å². The number of para-hydroxylation sites is 1. The number of fused-ring (bicyclic) bond motifs is 5. The molecule has 2 fully saturated rings. The molecule has 3 aliphatic carbocycles. The summed E-state index contributed by atoms with van der Waals surface area (Å²) in [6.07, 6.45) is 14.7. The standard InChI is InChI=1S/C32H31BO3/c1-20(16-26-21(2)34-29-12-7-6-10-25(26)29)28-18-22-17-23(33-35-31(4)19-32(31,5)36-33)13-14-24(22)27-11-8-9-15-30(27,28)3/h6-18,27H,19H2,1-5H3/b20-16+. The molecule has 0 amide bonds. The molecule has 4 atom stereocenters. The highest BCUT2D eigenvalue weighted by Gasteiger charge is 2.71. The summed E-state index contributed by atoms with van der Waals surface area (Å²) < 4.78 is 18.7. The van der Waals surface area contributed by atoms with Crippen LogP contribution in [0.2, 0.25) is 0 Å². The van der Waals surface area contributed by atoms with Crippen LogP contribution in [0.15, 0.2) is 82.3 Å². The van der Waals surface area contributed by atoms with Crippen LogP contribution in [-0.4, -0.2) is 18.3 Å². The van der Waals surface area contributed by atoms with Gasteiger partial charge < -0.3 is 13.7 Å². The van der Waals surface area contributed by atoms with E-state index in [0.717, 1.165) is 34.2 Å². The fraction of sp³-hybridized carbons (Fsp3) is 0.312. The number of benzene rings is 2. The second-order valence-corrected chi connectivity index (χ2v) is 11.6. The van der Waals surface area contributed by atoms with Crippen molar-refractivity contribution in [2.24, 2.45) is 5.41 Å². The van der Waals surface area contributed by atoms with Crippen molar-refractivity contribution in [3.63, 3.8) is 0 Å². The Hall–Kier alpha value is -3.08. The molecule has 1 saturated carbocycles. The van der Waals surface area contributed by atoms with Gasteiger partial charge in [0.25, 0.3) is 0 Å². The van der Waals surface area contributed by atoms with Gasteiger partial charge in [0.15, 0.2) is 0 Å². The summed E-state index contributed by atoms with van der Waals surface area (Å²) in [5.74, 6) is 1.22. The van der Waals surface area contributed by atoms with E-state index < -0.39 is 0 Å². The molecule has 4 aliphatic rings. The van der Waals surface area contributed by atoms with Crippen molar-refractivity contribution in [1.29, 1.82) is 0 Å². The van der Waals surface area contributed by atoms with Gasteiger partial charge in [-0.1, -0.05) is 73.7 Å². The van der Waals surface area contributed by atoms with E-state index in [1.165, 1.54) is 22.3 Å². The predicted octanol–water partition coefficient (Wildman–Crippen LogP) is 7.12. The first-order valence-corrected chi connectivity index (χ1v) is 13.0. The Labute approximate surface area is 213 Å². The highest BCUT2D eigenvalue weighted by molar-refractivity contribution is 6.62. The van der Waals surface area contributed by atoms with E-state index in [2.05, 4.69) is 101 Å². The topological polar surface area (TPSA) is 31.6 Å². The summed E-state index contributed by atoms with van der Waals surface area (Å²) in [5, 5.41) is 1.16. The molecule has 4 heteroatoms. The van der Waals surface area contributed by atoms with Crippen molar-refractivity contribution >= 4 is 35.7 Å². The van der Waals surface area contributed by atoms with Crippen molar-refractivity contribution in [2.75, 3.05) is 0 Å². The van der Waals surface area contributed by atoms with Crippen molar-refractivity contribution in [3.05, 3.63) is 100 Å². The third-order valence-electron chi connectivity index (χ3n) is 9.11. The third-order valence-corrected chi connectivity index (χ3v) is 9.11. The molecule has 2 aromatic carbocycles. The first-order valence-electron chi connectivity index (χ1n) is 13.0. The van der Waals surface area contributed by atoms with Gasteiger partial charge in [0, 0.05) is 28.7 Å². The minimum atomic E-state index is -0.303. The molecule has 1 aliphatic heterocycles. The SMILES string of the molecule is C/C(=C\c1c(C)oc2ccccc12)C1=Cc2cc(B3OC4(C)CC4(C)O3)ccc2C2C=CC=CC12C. The van der Waals surface area contributed by atoms with Gasteiger partial charge in [0.05, 0.1) is 11.2 Å². The number of hydrogen-bond donors (Lipinski definition) is 0. The molecule has 36 heavy (non-hydrogen) atoms. The minimum Gasteiger partial charge on any atom is -0.461 e. The maximum atomic E-state index is 6.34. The number of hydrogen-bond acceptors (Lipinski definition) is 3. The smallest absolute Gasteiger partial charge is 0.461 e. The predicted molar refractivity (Wildman–Crippen MR) is 147 cm³/mol. The maximum Gasteiger partial charge on any atom is 0.494 e. The summed E-state index contributed by atoms with van der Waals surface area (Å²) in [5.41, 5.74) is 7.93. The lowest BCUT2D eigenvalue weighted by molar-refractivity contribution is 0.187. The van der Waals surface area contributed by atoms with Crippen molar-refractivity contribution in [2.45, 2.75) is 58.2 Å². The van der Waals surface area contributed by atoms with Crippen molar-refractivity contribution in [1.82, 2.24) is 0 Å². The van der Waals surface area contributed by atoms with Crippen LogP contribution in [0.5, 0.6) is 0 Å². The molecule has 0 spiro atoms. The molecule has 0 radical (unpaired) electrons. The first kappa shape index (κ1) is 22.1. The van der Waals surface area contributed by atoms with E-state index in [0.29, 0.717) is 0 Å². The lowest BCUT2D eigenvalue weighted by Gasteiger charge is -2.42. The summed E-state index contributed by atoms with van der Waals surface area (Å²) in [7, 11) is -0.303. The molecule has 1 saturated heterocycles. The second-order valence-electron chi connectivity index (χ2n) is 11.6. The molecule has 0 N–H and O–H groups in total. The number of furan rings is 1. The molecule has 180 valence electrons.